The molecule has 30 heavy (non-hydrogen) atoms. The van der Waals surface area contributed by atoms with Crippen LogP contribution in [0, 0.1) is 0 Å². The topological polar surface area (TPSA) is 49.4 Å². The van der Waals surface area contributed by atoms with Gasteiger partial charge in [0.05, 0.1) is 0 Å². The van der Waals surface area contributed by atoms with Crippen LogP contribution in [-0.4, -0.2) is 28.8 Å². The van der Waals surface area contributed by atoms with E-state index in [0.717, 1.165) is 28.4 Å². The smallest absolute Gasteiger partial charge is 0.242 e. The van der Waals surface area contributed by atoms with Crippen molar-refractivity contribution in [1.29, 1.82) is 0 Å². The number of nitrogens with one attached hydrogen (secondary N) is 1. The molecule has 0 spiro atoms. The van der Waals surface area contributed by atoms with Crippen molar-refractivity contribution >= 4 is 27.7 Å². The predicted octanol–water partition coefficient (Wildman–Crippen LogP) is 5.28. The molecular weight excluding hydrogens is 440 g/mol. The highest BCUT2D eigenvalue weighted by Gasteiger charge is 2.26. The van der Waals surface area contributed by atoms with E-state index < -0.39 is 6.04 Å². The van der Waals surface area contributed by atoms with Crippen LogP contribution in [-0.2, 0) is 29.0 Å². The lowest BCUT2D eigenvalue weighted by molar-refractivity contribution is -0.140. The molecule has 2 amide bonds. The van der Waals surface area contributed by atoms with Crippen LogP contribution in [0.25, 0.3) is 0 Å². The van der Waals surface area contributed by atoms with Gasteiger partial charge < -0.3 is 10.2 Å². The molecule has 1 N–H and O–H groups in total. The molecule has 0 aliphatic rings. The number of aryl methyl sites for hydroxylation is 2. The molecule has 0 fully saturated rings. The first-order valence-electron chi connectivity index (χ1n) is 10.8. The van der Waals surface area contributed by atoms with Crippen LogP contribution in [0.15, 0.2) is 53.0 Å². The summed E-state index contributed by atoms with van der Waals surface area (Å²) in [6.07, 6.45) is 2.90. The Morgan fingerprint density at radius 3 is 2.27 bits per heavy atom. The molecule has 0 bridgehead atoms. The summed E-state index contributed by atoms with van der Waals surface area (Å²) in [5.41, 5.74) is 3.42. The summed E-state index contributed by atoms with van der Waals surface area (Å²) >= 11 is 3.49. The summed E-state index contributed by atoms with van der Waals surface area (Å²) in [6, 6.07) is 15.8. The standard InChI is InChI=1S/C25H33BrN2O2/c1-5-18(3)27-25(30)19(4)28(17-22-8-7-9-23(26)16-22)24(29)15-14-21-12-10-20(6-2)11-13-21/h7-13,16,18-19H,5-6,14-15,17H2,1-4H3,(H,27,30)/t18-,19+/m0/s1. The first-order chi connectivity index (χ1) is 14.3. The Kier molecular flexibility index (Phi) is 9.57. The molecule has 0 heterocycles. The summed E-state index contributed by atoms with van der Waals surface area (Å²) in [5.74, 6) is -0.124. The van der Waals surface area contributed by atoms with E-state index in [1.807, 2.05) is 45.0 Å². The second-order valence-electron chi connectivity index (χ2n) is 7.82. The quantitative estimate of drug-likeness (QED) is 0.511. The molecule has 0 aliphatic carbocycles. The van der Waals surface area contributed by atoms with Crippen molar-refractivity contribution in [3.8, 4) is 0 Å². The van der Waals surface area contributed by atoms with Gasteiger partial charge in [-0.3, -0.25) is 9.59 Å². The van der Waals surface area contributed by atoms with E-state index in [1.54, 1.807) is 4.90 Å². The zero-order valence-corrected chi connectivity index (χ0v) is 20.0. The van der Waals surface area contributed by atoms with E-state index in [4.69, 9.17) is 0 Å². The van der Waals surface area contributed by atoms with Gasteiger partial charge in [0.25, 0.3) is 0 Å². The summed E-state index contributed by atoms with van der Waals surface area (Å²) in [5, 5.41) is 3.01. The Bertz CT molecular complexity index is 835. The molecular formula is C25H33BrN2O2. The predicted molar refractivity (Wildman–Crippen MR) is 126 cm³/mol. The largest absolute Gasteiger partial charge is 0.352 e. The van der Waals surface area contributed by atoms with Gasteiger partial charge in [0.1, 0.15) is 6.04 Å². The molecule has 2 aromatic rings. The van der Waals surface area contributed by atoms with Crippen LogP contribution in [0.2, 0.25) is 0 Å². The van der Waals surface area contributed by atoms with Gasteiger partial charge in [-0.1, -0.05) is 66.2 Å². The molecule has 2 rings (SSSR count). The minimum atomic E-state index is -0.534. The van der Waals surface area contributed by atoms with Crippen molar-refractivity contribution in [1.82, 2.24) is 10.2 Å². The molecule has 0 unspecified atom stereocenters. The molecule has 2 atom stereocenters. The fourth-order valence-electron chi connectivity index (χ4n) is 3.22. The van der Waals surface area contributed by atoms with Gasteiger partial charge in [0.2, 0.25) is 11.8 Å². The average Bonchev–Trinajstić information content (AvgIpc) is 2.75. The number of halogens is 1. The van der Waals surface area contributed by atoms with Crippen molar-refractivity contribution in [3.05, 3.63) is 69.7 Å². The van der Waals surface area contributed by atoms with Crippen LogP contribution in [0.4, 0.5) is 0 Å². The van der Waals surface area contributed by atoms with Crippen molar-refractivity contribution in [3.63, 3.8) is 0 Å². The minimum absolute atomic E-state index is 0.0126. The third-order valence-electron chi connectivity index (χ3n) is 5.47. The SMILES string of the molecule is CCc1ccc(CCC(=O)N(Cc2cccc(Br)c2)[C@H](C)C(=O)N[C@@H](C)CC)cc1. The Balaban J connectivity index is 2.13. The van der Waals surface area contributed by atoms with Gasteiger partial charge in [-0.15, -0.1) is 0 Å². The van der Waals surface area contributed by atoms with Crippen LogP contribution in [0.1, 0.15) is 57.2 Å². The molecule has 0 aliphatic heterocycles. The number of rotatable bonds is 10. The Morgan fingerprint density at radius 2 is 1.67 bits per heavy atom. The van der Waals surface area contributed by atoms with E-state index in [-0.39, 0.29) is 17.9 Å². The zero-order valence-electron chi connectivity index (χ0n) is 18.5. The number of amides is 2. The van der Waals surface area contributed by atoms with Crippen molar-refractivity contribution < 1.29 is 9.59 Å². The molecule has 2 aromatic carbocycles. The molecule has 162 valence electrons. The first-order valence-corrected chi connectivity index (χ1v) is 11.5. The second-order valence-corrected chi connectivity index (χ2v) is 8.73. The Hall–Kier alpha value is -2.14. The number of hydrogen-bond donors (Lipinski definition) is 1. The third-order valence-corrected chi connectivity index (χ3v) is 5.96. The van der Waals surface area contributed by atoms with E-state index >= 15 is 0 Å². The fraction of sp³-hybridized carbons (Fsp3) is 0.440. The highest BCUT2D eigenvalue weighted by Crippen LogP contribution is 2.17. The van der Waals surface area contributed by atoms with Gasteiger partial charge in [0.15, 0.2) is 0 Å². The summed E-state index contributed by atoms with van der Waals surface area (Å²) in [7, 11) is 0. The molecule has 0 saturated carbocycles. The Labute approximate surface area is 189 Å². The summed E-state index contributed by atoms with van der Waals surface area (Å²) in [4.78, 5) is 27.6. The van der Waals surface area contributed by atoms with Crippen molar-refractivity contribution in [2.45, 2.75) is 72.0 Å². The normalized spacial score (nSPS) is 12.8. The highest BCUT2D eigenvalue weighted by molar-refractivity contribution is 9.10. The lowest BCUT2D eigenvalue weighted by atomic mass is 10.0. The van der Waals surface area contributed by atoms with Crippen molar-refractivity contribution in [2.75, 3.05) is 0 Å². The van der Waals surface area contributed by atoms with Crippen LogP contribution >= 0.6 is 15.9 Å². The maximum atomic E-state index is 13.2. The lowest BCUT2D eigenvalue weighted by Gasteiger charge is -2.30. The zero-order chi connectivity index (χ0) is 22.1. The van der Waals surface area contributed by atoms with Crippen molar-refractivity contribution in [2.24, 2.45) is 0 Å². The van der Waals surface area contributed by atoms with Gasteiger partial charge in [-0.25, -0.2) is 0 Å². The highest BCUT2D eigenvalue weighted by atomic mass is 79.9. The molecule has 5 heteroatoms. The number of benzene rings is 2. The lowest BCUT2D eigenvalue weighted by Crippen LogP contribution is -2.49. The van der Waals surface area contributed by atoms with E-state index in [2.05, 4.69) is 52.4 Å². The fourth-order valence-corrected chi connectivity index (χ4v) is 3.66. The first kappa shape index (κ1) is 24.1. The number of hydrogen-bond acceptors (Lipinski definition) is 2. The summed E-state index contributed by atoms with van der Waals surface area (Å²) in [6.45, 7) is 8.35. The minimum Gasteiger partial charge on any atom is -0.352 e. The summed E-state index contributed by atoms with van der Waals surface area (Å²) < 4.78 is 0.958. The van der Waals surface area contributed by atoms with Crippen LogP contribution in [0.5, 0.6) is 0 Å². The van der Waals surface area contributed by atoms with Crippen LogP contribution < -0.4 is 5.32 Å². The van der Waals surface area contributed by atoms with Gasteiger partial charge in [0, 0.05) is 23.5 Å². The van der Waals surface area contributed by atoms with Crippen LogP contribution in [0.3, 0.4) is 0 Å². The number of carbonyl (C=O) groups excluding carboxylic acids is 2. The number of carbonyl (C=O) groups is 2. The Morgan fingerprint density at radius 1 is 1.00 bits per heavy atom. The third kappa shape index (κ3) is 7.28. The van der Waals surface area contributed by atoms with E-state index in [1.165, 1.54) is 5.56 Å². The maximum absolute atomic E-state index is 13.2. The van der Waals surface area contributed by atoms with Gasteiger partial charge in [-0.05, 0) is 61.9 Å². The maximum Gasteiger partial charge on any atom is 0.242 e. The van der Waals surface area contributed by atoms with E-state index in [0.29, 0.717) is 19.4 Å². The van der Waals surface area contributed by atoms with Gasteiger partial charge >= 0.3 is 0 Å². The monoisotopic (exact) mass is 472 g/mol. The molecule has 0 saturated heterocycles. The molecule has 0 aromatic heterocycles. The average molecular weight is 473 g/mol. The van der Waals surface area contributed by atoms with E-state index in [9.17, 15) is 9.59 Å². The molecule has 0 radical (unpaired) electrons. The number of nitrogens with zero attached hydrogens (tertiary/aromatic N) is 1. The molecule has 4 nitrogen and oxygen atoms in total. The second kappa shape index (κ2) is 11.9. The van der Waals surface area contributed by atoms with Gasteiger partial charge in [-0.2, -0.15) is 0 Å².